The van der Waals surface area contributed by atoms with E-state index in [1.807, 2.05) is 38.2 Å². The molecule has 0 bridgehead atoms. The van der Waals surface area contributed by atoms with Gasteiger partial charge in [0.05, 0.1) is 17.9 Å². The van der Waals surface area contributed by atoms with E-state index in [0.29, 0.717) is 18.7 Å². The zero-order valence-corrected chi connectivity index (χ0v) is 15.4. The van der Waals surface area contributed by atoms with Crippen molar-refractivity contribution in [2.24, 2.45) is 0 Å². The first-order chi connectivity index (χ1) is 13.1. The molecule has 1 amide bonds. The van der Waals surface area contributed by atoms with Crippen LogP contribution in [0.4, 0.5) is 0 Å². The van der Waals surface area contributed by atoms with Crippen LogP contribution in [0.25, 0.3) is 10.9 Å². The number of nitrogens with one attached hydrogen (secondary N) is 3. The van der Waals surface area contributed by atoms with Gasteiger partial charge in [-0.1, -0.05) is 18.2 Å². The van der Waals surface area contributed by atoms with Gasteiger partial charge in [0.2, 0.25) is 0 Å². The van der Waals surface area contributed by atoms with Crippen molar-refractivity contribution in [3.63, 3.8) is 0 Å². The molecule has 27 heavy (non-hydrogen) atoms. The van der Waals surface area contributed by atoms with Gasteiger partial charge >= 0.3 is 0 Å². The van der Waals surface area contributed by atoms with E-state index in [2.05, 4.69) is 48.5 Å². The topological polar surface area (TPSA) is 91.4 Å². The van der Waals surface area contributed by atoms with Gasteiger partial charge in [-0.2, -0.15) is 10.2 Å². The molecule has 0 spiro atoms. The Morgan fingerprint density at radius 2 is 2.04 bits per heavy atom. The fourth-order valence-corrected chi connectivity index (χ4v) is 3.26. The van der Waals surface area contributed by atoms with Crippen LogP contribution >= 0.6 is 0 Å². The molecule has 7 heteroatoms. The molecule has 3 aromatic heterocycles. The Labute approximate surface area is 156 Å². The third-order valence-electron chi connectivity index (χ3n) is 4.54. The van der Waals surface area contributed by atoms with Gasteiger partial charge in [0.15, 0.2) is 0 Å². The number of carbonyl (C=O) groups is 1. The molecule has 138 valence electrons. The van der Waals surface area contributed by atoms with Crippen LogP contribution in [-0.4, -0.2) is 36.9 Å². The minimum atomic E-state index is -0.186. The molecule has 4 aromatic rings. The summed E-state index contributed by atoms with van der Waals surface area (Å²) >= 11 is 0. The maximum absolute atomic E-state index is 12.5. The zero-order valence-electron chi connectivity index (χ0n) is 15.4. The van der Waals surface area contributed by atoms with Crippen molar-refractivity contribution >= 4 is 16.8 Å². The third kappa shape index (κ3) is 3.76. The number of para-hydroxylation sites is 1. The van der Waals surface area contributed by atoms with Crippen molar-refractivity contribution in [3.8, 4) is 0 Å². The van der Waals surface area contributed by atoms with E-state index in [0.717, 1.165) is 22.6 Å². The predicted octanol–water partition coefficient (Wildman–Crippen LogP) is 2.81. The highest BCUT2D eigenvalue weighted by atomic mass is 16.2. The molecule has 0 aliphatic carbocycles. The molecular formula is C20H22N6O. The molecule has 3 heterocycles. The van der Waals surface area contributed by atoms with Gasteiger partial charge in [-0.25, -0.2) is 0 Å². The van der Waals surface area contributed by atoms with Gasteiger partial charge in [0.25, 0.3) is 5.91 Å². The number of carbonyl (C=O) groups excluding carboxylic acids is 1. The molecule has 0 saturated heterocycles. The lowest BCUT2D eigenvalue weighted by molar-refractivity contribution is 0.0935. The summed E-state index contributed by atoms with van der Waals surface area (Å²) < 4.78 is 2.13. The minimum absolute atomic E-state index is 0.0336. The smallest absolute Gasteiger partial charge is 0.271 e. The highest BCUT2D eigenvalue weighted by Crippen LogP contribution is 2.16. The second kappa shape index (κ2) is 7.11. The summed E-state index contributed by atoms with van der Waals surface area (Å²) in [6, 6.07) is 14.0. The van der Waals surface area contributed by atoms with E-state index in [9.17, 15) is 4.79 Å². The monoisotopic (exact) mass is 362 g/mol. The molecule has 4 rings (SSSR count). The Hall–Kier alpha value is -3.35. The Morgan fingerprint density at radius 1 is 1.19 bits per heavy atom. The van der Waals surface area contributed by atoms with Crippen LogP contribution in [0.2, 0.25) is 0 Å². The molecule has 0 saturated carbocycles. The average Bonchev–Trinajstić information content (AvgIpc) is 3.36. The number of rotatable bonds is 6. The van der Waals surface area contributed by atoms with E-state index < -0.39 is 0 Å². The summed E-state index contributed by atoms with van der Waals surface area (Å²) in [7, 11) is 0. The fraction of sp³-hybridized carbons (Fsp3) is 0.250. The normalized spacial score (nSPS) is 12.4. The number of aryl methyl sites for hydroxylation is 1. The molecule has 1 atom stereocenters. The van der Waals surface area contributed by atoms with Crippen LogP contribution in [0.5, 0.6) is 0 Å². The van der Waals surface area contributed by atoms with Crippen LogP contribution in [0, 0.1) is 6.92 Å². The van der Waals surface area contributed by atoms with Crippen LogP contribution in [0.15, 0.2) is 48.7 Å². The summed E-state index contributed by atoms with van der Waals surface area (Å²) in [5, 5.41) is 18.4. The average molecular weight is 362 g/mol. The van der Waals surface area contributed by atoms with Crippen LogP contribution in [0.1, 0.15) is 34.5 Å². The molecular weight excluding hydrogens is 340 g/mol. The SMILES string of the molecule is Cc1cc(C[C@@H](C)NC(=O)c2cc(Cn3ccc4ccccc43)[nH]n2)n[nH]1. The van der Waals surface area contributed by atoms with Crippen molar-refractivity contribution in [1.82, 2.24) is 30.3 Å². The quantitative estimate of drug-likeness (QED) is 0.492. The number of amides is 1. The maximum atomic E-state index is 12.5. The van der Waals surface area contributed by atoms with Gasteiger partial charge < -0.3 is 9.88 Å². The first-order valence-electron chi connectivity index (χ1n) is 8.98. The Morgan fingerprint density at radius 3 is 2.85 bits per heavy atom. The van der Waals surface area contributed by atoms with Crippen LogP contribution in [0.3, 0.4) is 0 Å². The number of hydrogen-bond acceptors (Lipinski definition) is 3. The van der Waals surface area contributed by atoms with Crippen molar-refractivity contribution in [2.45, 2.75) is 32.9 Å². The lowest BCUT2D eigenvalue weighted by Crippen LogP contribution is -2.34. The summed E-state index contributed by atoms with van der Waals surface area (Å²) in [4.78, 5) is 12.5. The van der Waals surface area contributed by atoms with Crippen molar-refractivity contribution in [1.29, 1.82) is 0 Å². The lowest BCUT2D eigenvalue weighted by Gasteiger charge is -2.11. The van der Waals surface area contributed by atoms with E-state index in [1.165, 1.54) is 5.39 Å². The minimum Gasteiger partial charge on any atom is -0.348 e. The molecule has 0 radical (unpaired) electrons. The Balaban J connectivity index is 1.40. The first kappa shape index (κ1) is 17.1. The molecule has 7 nitrogen and oxygen atoms in total. The second-order valence-electron chi connectivity index (χ2n) is 6.90. The standard InChI is InChI=1S/C20H22N6O/c1-13(9-16-10-14(2)22-23-16)21-20(27)18-11-17(24-25-18)12-26-8-7-15-5-3-4-6-19(15)26/h3-8,10-11,13H,9,12H2,1-2H3,(H,21,27)(H,22,23)(H,24,25)/t13-/m1/s1. The third-order valence-corrected chi connectivity index (χ3v) is 4.54. The van der Waals surface area contributed by atoms with Gasteiger partial charge in [-0.3, -0.25) is 15.0 Å². The van der Waals surface area contributed by atoms with Gasteiger partial charge in [0, 0.05) is 29.9 Å². The molecule has 3 N–H and O–H groups in total. The number of benzene rings is 1. The Bertz CT molecular complexity index is 1070. The Kier molecular flexibility index (Phi) is 4.50. The summed E-state index contributed by atoms with van der Waals surface area (Å²) in [5.41, 5.74) is 4.38. The van der Waals surface area contributed by atoms with E-state index in [1.54, 1.807) is 6.07 Å². The van der Waals surface area contributed by atoms with Crippen molar-refractivity contribution < 1.29 is 4.79 Å². The molecule has 0 fully saturated rings. The molecule has 1 aromatic carbocycles. The number of nitrogens with zero attached hydrogens (tertiary/aromatic N) is 3. The maximum Gasteiger partial charge on any atom is 0.271 e. The number of aromatic nitrogens is 5. The van der Waals surface area contributed by atoms with Crippen molar-refractivity contribution in [2.75, 3.05) is 0 Å². The van der Waals surface area contributed by atoms with Gasteiger partial charge in [0.1, 0.15) is 5.69 Å². The number of H-pyrrole nitrogens is 2. The number of fused-ring (bicyclic) bond motifs is 1. The summed E-state index contributed by atoms with van der Waals surface area (Å²) in [5.74, 6) is -0.186. The highest BCUT2D eigenvalue weighted by Gasteiger charge is 2.15. The first-order valence-corrected chi connectivity index (χ1v) is 8.98. The number of hydrogen-bond donors (Lipinski definition) is 3. The van der Waals surface area contributed by atoms with Crippen LogP contribution in [-0.2, 0) is 13.0 Å². The van der Waals surface area contributed by atoms with Gasteiger partial charge in [-0.15, -0.1) is 0 Å². The molecule has 0 aliphatic rings. The largest absolute Gasteiger partial charge is 0.348 e. The predicted molar refractivity (Wildman–Crippen MR) is 104 cm³/mol. The van der Waals surface area contributed by atoms with Crippen LogP contribution < -0.4 is 5.32 Å². The molecule has 0 aliphatic heterocycles. The number of aromatic amines is 2. The van der Waals surface area contributed by atoms with E-state index >= 15 is 0 Å². The van der Waals surface area contributed by atoms with E-state index in [-0.39, 0.29) is 11.9 Å². The highest BCUT2D eigenvalue weighted by molar-refractivity contribution is 5.92. The zero-order chi connectivity index (χ0) is 18.8. The second-order valence-corrected chi connectivity index (χ2v) is 6.90. The summed E-state index contributed by atoms with van der Waals surface area (Å²) in [6.07, 6.45) is 2.71. The van der Waals surface area contributed by atoms with Crippen molar-refractivity contribution in [3.05, 3.63) is 71.4 Å². The molecule has 0 unspecified atom stereocenters. The summed E-state index contributed by atoms with van der Waals surface area (Å²) in [6.45, 7) is 4.55. The van der Waals surface area contributed by atoms with Gasteiger partial charge in [-0.05, 0) is 43.5 Å². The fourth-order valence-electron chi connectivity index (χ4n) is 3.26. The lowest BCUT2D eigenvalue weighted by atomic mass is 10.1. The van der Waals surface area contributed by atoms with E-state index in [4.69, 9.17) is 0 Å².